The number of aliphatic hydroxyl groups is 1. The number of anilines is 1. The highest BCUT2D eigenvalue weighted by molar-refractivity contribution is 5.98. The lowest BCUT2D eigenvalue weighted by Crippen LogP contribution is -2.36. The highest BCUT2D eigenvalue weighted by Crippen LogP contribution is 2.35. The lowest BCUT2D eigenvalue weighted by Gasteiger charge is -2.27. The van der Waals surface area contributed by atoms with Crippen LogP contribution in [0.3, 0.4) is 0 Å². The molecule has 1 aromatic carbocycles. The Balaban J connectivity index is 2.43. The predicted molar refractivity (Wildman–Crippen MR) is 60.4 cm³/mol. The average molecular weight is 221 g/mol. The number of hydrogen-bond donors (Lipinski definition) is 2. The van der Waals surface area contributed by atoms with Gasteiger partial charge in [-0.15, -0.1) is 0 Å². The van der Waals surface area contributed by atoms with Crippen molar-refractivity contribution in [2.45, 2.75) is 33.0 Å². The van der Waals surface area contributed by atoms with Crippen molar-refractivity contribution >= 4 is 11.6 Å². The molecule has 1 aliphatic rings. The Morgan fingerprint density at radius 2 is 2.25 bits per heavy atom. The van der Waals surface area contributed by atoms with Gasteiger partial charge >= 0.3 is 0 Å². The maximum atomic E-state index is 11.6. The Morgan fingerprint density at radius 3 is 2.88 bits per heavy atom. The van der Waals surface area contributed by atoms with Crippen LogP contribution in [0.25, 0.3) is 0 Å². The highest BCUT2D eigenvalue weighted by Gasteiger charge is 2.27. The van der Waals surface area contributed by atoms with Crippen molar-refractivity contribution in [3.05, 3.63) is 23.3 Å². The zero-order valence-electron chi connectivity index (χ0n) is 9.41. The molecule has 0 saturated carbocycles. The van der Waals surface area contributed by atoms with Crippen LogP contribution in [0.2, 0.25) is 0 Å². The number of carbonyl (C=O) groups is 1. The van der Waals surface area contributed by atoms with E-state index in [-0.39, 0.29) is 12.5 Å². The second-order valence-electron chi connectivity index (χ2n) is 3.88. The van der Waals surface area contributed by atoms with Gasteiger partial charge in [-0.2, -0.15) is 0 Å². The number of nitrogens with one attached hydrogen (secondary N) is 1. The Bertz CT molecular complexity index is 429. The molecule has 0 bridgehead atoms. The van der Waals surface area contributed by atoms with Gasteiger partial charge < -0.3 is 15.2 Å². The van der Waals surface area contributed by atoms with Gasteiger partial charge in [0.1, 0.15) is 5.75 Å². The number of benzene rings is 1. The summed E-state index contributed by atoms with van der Waals surface area (Å²) in [6.07, 6.45) is 0.235. The summed E-state index contributed by atoms with van der Waals surface area (Å²) >= 11 is 0. The van der Waals surface area contributed by atoms with Crippen molar-refractivity contribution in [3.63, 3.8) is 0 Å². The predicted octanol–water partition coefficient (Wildman–Crippen LogP) is 1.60. The second-order valence-corrected chi connectivity index (χ2v) is 3.88. The van der Waals surface area contributed by atoms with E-state index in [1.54, 1.807) is 6.07 Å². The van der Waals surface area contributed by atoms with Gasteiger partial charge in [0.25, 0.3) is 5.91 Å². The van der Waals surface area contributed by atoms with E-state index in [2.05, 4.69) is 5.32 Å². The molecule has 0 saturated heterocycles. The van der Waals surface area contributed by atoms with Gasteiger partial charge in [-0.25, -0.2) is 0 Å². The Kier molecular flexibility index (Phi) is 2.83. The average Bonchev–Trinajstić information content (AvgIpc) is 2.30. The van der Waals surface area contributed by atoms with Gasteiger partial charge in [-0.3, -0.25) is 4.79 Å². The Labute approximate surface area is 94.2 Å². The molecule has 0 radical (unpaired) electrons. The van der Waals surface area contributed by atoms with E-state index in [0.29, 0.717) is 17.9 Å². The van der Waals surface area contributed by atoms with Gasteiger partial charge in [0.2, 0.25) is 0 Å². The summed E-state index contributed by atoms with van der Waals surface area (Å²) in [5.74, 6) is 0.564. The molecule has 16 heavy (non-hydrogen) atoms. The monoisotopic (exact) mass is 221 g/mol. The quantitative estimate of drug-likeness (QED) is 0.797. The van der Waals surface area contributed by atoms with E-state index in [9.17, 15) is 4.79 Å². The summed E-state index contributed by atoms with van der Waals surface area (Å²) in [6, 6.07) is 3.61. The van der Waals surface area contributed by atoms with Crippen LogP contribution in [-0.2, 0) is 11.4 Å². The maximum Gasteiger partial charge on any atom is 0.265 e. The molecule has 1 aliphatic heterocycles. The number of aliphatic hydroxyl groups excluding tert-OH is 1. The van der Waals surface area contributed by atoms with Gasteiger partial charge in [0, 0.05) is 0 Å². The van der Waals surface area contributed by atoms with Crippen molar-refractivity contribution in [2.24, 2.45) is 0 Å². The molecule has 1 unspecified atom stereocenters. The highest BCUT2D eigenvalue weighted by atomic mass is 16.5. The fraction of sp³-hybridized carbons (Fsp3) is 0.417. The van der Waals surface area contributed by atoms with Crippen molar-refractivity contribution in [3.8, 4) is 5.75 Å². The van der Waals surface area contributed by atoms with E-state index >= 15 is 0 Å². The zero-order valence-corrected chi connectivity index (χ0v) is 9.41. The fourth-order valence-corrected chi connectivity index (χ4v) is 1.83. The van der Waals surface area contributed by atoms with Crippen molar-refractivity contribution in [2.75, 3.05) is 5.32 Å². The summed E-state index contributed by atoms with van der Waals surface area (Å²) in [5, 5.41) is 12.0. The van der Waals surface area contributed by atoms with Crippen LogP contribution < -0.4 is 10.1 Å². The number of carbonyl (C=O) groups excluding carboxylic acids is 1. The van der Waals surface area contributed by atoms with Gasteiger partial charge in [0.15, 0.2) is 6.10 Å². The molecular weight excluding hydrogens is 206 g/mol. The number of rotatable bonds is 2. The van der Waals surface area contributed by atoms with E-state index in [1.807, 2.05) is 19.9 Å². The van der Waals surface area contributed by atoms with Crippen LogP contribution in [0.15, 0.2) is 12.1 Å². The van der Waals surface area contributed by atoms with Crippen LogP contribution in [0, 0.1) is 6.92 Å². The van der Waals surface area contributed by atoms with Crippen molar-refractivity contribution in [1.82, 2.24) is 0 Å². The minimum Gasteiger partial charge on any atom is -0.478 e. The summed E-state index contributed by atoms with van der Waals surface area (Å²) in [6.45, 7) is 3.73. The molecule has 1 atom stereocenters. The molecule has 4 heteroatoms. The minimum absolute atomic E-state index is 0.0355. The normalized spacial score (nSPS) is 18.7. The van der Waals surface area contributed by atoms with E-state index < -0.39 is 6.10 Å². The number of amides is 1. The van der Waals surface area contributed by atoms with Gasteiger partial charge in [0.05, 0.1) is 12.3 Å². The first-order valence-electron chi connectivity index (χ1n) is 5.38. The molecule has 1 aromatic rings. The molecule has 1 heterocycles. The molecule has 2 rings (SSSR count). The lowest BCUT2D eigenvalue weighted by atomic mass is 10.0. The third-order valence-electron chi connectivity index (χ3n) is 2.89. The SMILES string of the molecule is CCC1Oc2ccc(CO)c(C)c2NC1=O. The minimum atomic E-state index is -0.410. The molecule has 1 amide bonds. The first-order valence-corrected chi connectivity index (χ1v) is 5.38. The molecule has 0 fully saturated rings. The lowest BCUT2D eigenvalue weighted by molar-refractivity contribution is -0.123. The smallest absolute Gasteiger partial charge is 0.265 e. The van der Waals surface area contributed by atoms with E-state index in [1.165, 1.54) is 0 Å². The molecule has 86 valence electrons. The van der Waals surface area contributed by atoms with Crippen LogP contribution in [0.1, 0.15) is 24.5 Å². The number of hydrogen-bond acceptors (Lipinski definition) is 3. The third-order valence-corrected chi connectivity index (χ3v) is 2.89. The molecule has 4 nitrogen and oxygen atoms in total. The van der Waals surface area contributed by atoms with Gasteiger partial charge in [-0.1, -0.05) is 13.0 Å². The van der Waals surface area contributed by atoms with Crippen LogP contribution in [0.5, 0.6) is 5.75 Å². The summed E-state index contributed by atoms with van der Waals surface area (Å²) in [4.78, 5) is 11.6. The molecule has 0 aliphatic carbocycles. The van der Waals surface area contributed by atoms with Crippen molar-refractivity contribution < 1.29 is 14.6 Å². The summed E-state index contributed by atoms with van der Waals surface area (Å²) in [7, 11) is 0. The first-order chi connectivity index (χ1) is 7.67. The van der Waals surface area contributed by atoms with E-state index in [0.717, 1.165) is 11.1 Å². The summed E-state index contributed by atoms with van der Waals surface area (Å²) in [5.41, 5.74) is 2.35. The molecule has 2 N–H and O–H groups in total. The molecule has 0 aromatic heterocycles. The van der Waals surface area contributed by atoms with Crippen LogP contribution in [-0.4, -0.2) is 17.1 Å². The van der Waals surface area contributed by atoms with Crippen molar-refractivity contribution in [1.29, 1.82) is 0 Å². The summed E-state index contributed by atoms with van der Waals surface area (Å²) < 4.78 is 5.58. The zero-order chi connectivity index (χ0) is 11.7. The first kappa shape index (κ1) is 11.0. The fourth-order valence-electron chi connectivity index (χ4n) is 1.83. The largest absolute Gasteiger partial charge is 0.478 e. The van der Waals surface area contributed by atoms with Gasteiger partial charge in [-0.05, 0) is 30.5 Å². The topological polar surface area (TPSA) is 58.6 Å². The standard InChI is InChI=1S/C12H15NO3/c1-3-9-12(15)13-11-7(2)8(6-14)4-5-10(11)16-9/h4-5,9,14H,3,6H2,1-2H3,(H,13,15). The third kappa shape index (κ3) is 1.65. The second kappa shape index (κ2) is 4.14. The number of ether oxygens (including phenoxy) is 1. The van der Waals surface area contributed by atoms with Crippen LogP contribution >= 0.6 is 0 Å². The van der Waals surface area contributed by atoms with Crippen LogP contribution in [0.4, 0.5) is 5.69 Å². The van der Waals surface area contributed by atoms with E-state index in [4.69, 9.17) is 9.84 Å². The molecule has 0 spiro atoms. The maximum absolute atomic E-state index is 11.6. The Morgan fingerprint density at radius 1 is 1.50 bits per heavy atom. The Hall–Kier alpha value is -1.55. The molecular formula is C12H15NO3. The number of fused-ring (bicyclic) bond motifs is 1.